The van der Waals surface area contributed by atoms with E-state index >= 15 is 0 Å². The maximum absolute atomic E-state index is 12.4. The van der Waals surface area contributed by atoms with Crippen LogP contribution in [0.15, 0.2) is 0 Å². The van der Waals surface area contributed by atoms with Crippen LogP contribution in [0.1, 0.15) is 134 Å². The molecule has 0 aromatic rings. The molecule has 0 aliphatic heterocycles. The summed E-state index contributed by atoms with van der Waals surface area (Å²) in [5.74, 6) is -6.20. The molecule has 1 N–H and O–H groups in total. The van der Waals surface area contributed by atoms with Crippen molar-refractivity contribution in [2.24, 2.45) is 0 Å². The van der Waals surface area contributed by atoms with Gasteiger partial charge >= 0.3 is 53.7 Å². The number of aliphatic hydroxyl groups excluding tert-OH is 1. The third kappa shape index (κ3) is 30.8. The van der Waals surface area contributed by atoms with Gasteiger partial charge in [-0.3, -0.25) is 43.2 Å². The average Bonchev–Trinajstić information content (AvgIpc) is 3.04. The summed E-state index contributed by atoms with van der Waals surface area (Å²) in [5.41, 5.74) is -0.886. The normalized spacial score (nSPS) is 15.1. The second-order valence-corrected chi connectivity index (χ2v) is 15.2. The summed E-state index contributed by atoms with van der Waals surface area (Å²) in [6.07, 6.45) is -9.21. The zero-order chi connectivity index (χ0) is 46.9. The first-order valence-electron chi connectivity index (χ1n) is 20.0. The average molecular weight is 879 g/mol. The van der Waals surface area contributed by atoms with Gasteiger partial charge in [-0.05, 0) is 13.8 Å². The number of hydrogen-bond acceptors (Lipinski definition) is 20. The molecule has 0 bridgehead atoms. The quantitative estimate of drug-likeness (QED) is 0.0801. The molecule has 0 radical (unpaired) electrons. The summed E-state index contributed by atoms with van der Waals surface area (Å²) in [4.78, 5) is 109. The van der Waals surface area contributed by atoms with Gasteiger partial charge in [-0.2, -0.15) is 0 Å². The molecule has 8 atom stereocenters. The van der Waals surface area contributed by atoms with Crippen LogP contribution >= 0.6 is 0 Å². The summed E-state index contributed by atoms with van der Waals surface area (Å²) >= 11 is 0. The molecule has 20 nitrogen and oxygen atoms in total. The SMILES string of the molecule is CC(=O)OCCC(CC(CC(CC(CC(CC(CC(CC(CC(C)(C)OCCO)OC(C)=O)OC(C)=O)OC(C)=O)OC(C)=O)OC(C)=O)OC(C)=O)OC(C)=O)OC(C)=O. The molecule has 350 valence electrons. The standard InChI is InChI=1S/C41H66O20/c1-24(43)52-14-12-33(54-25(2)44)16-34(55-26(3)45)17-35(56-27(4)46)18-36(57-28(5)47)19-37(58-29(6)48)20-38(59-30(7)49)21-39(60-31(8)50)22-40(61-32(9)51)23-41(10,11)53-15-13-42/h33-40,42H,12-23H2,1-11H3. The fraction of sp³-hybridized carbons (Fsp3) is 0.780. The van der Waals surface area contributed by atoms with Gasteiger partial charge in [0.2, 0.25) is 0 Å². The fourth-order valence-corrected chi connectivity index (χ4v) is 6.75. The highest BCUT2D eigenvalue weighted by atomic mass is 16.6. The number of hydrogen-bond donors (Lipinski definition) is 1. The smallest absolute Gasteiger partial charge is 0.302 e. The lowest BCUT2D eigenvalue weighted by Gasteiger charge is -2.33. The molecule has 8 unspecified atom stereocenters. The van der Waals surface area contributed by atoms with E-state index in [1.54, 1.807) is 13.8 Å². The lowest BCUT2D eigenvalue weighted by atomic mass is 9.92. The van der Waals surface area contributed by atoms with E-state index in [2.05, 4.69) is 0 Å². The molecule has 0 saturated heterocycles. The summed E-state index contributed by atoms with van der Waals surface area (Å²) in [6, 6.07) is 0. The Kier molecular flexibility index (Phi) is 27.1. The Hall–Kier alpha value is -4.85. The van der Waals surface area contributed by atoms with E-state index in [1.165, 1.54) is 27.7 Å². The first-order chi connectivity index (χ1) is 28.3. The topological polar surface area (TPSA) is 266 Å². The largest absolute Gasteiger partial charge is 0.466 e. The van der Waals surface area contributed by atoms with E-state index < -0.39 is 108 Å². The number of esters is 9. The fourth-order valence-electron chi connectivity index (χ4n) is 6.75. The van der Waals surface area contributed by atoms with Gasteiger partial charge < -0.3 is 52.5 Å². The van der Waals surface area contributed by atoms with E-state index in [0.29, 0.717) is 0 Å². The molecule has 0 spiro atoms. The number of carbonyl (C=O) groups excluding carboxylic acids is 9. The maximum Gasteiger partial charge on any atom is 0.302 e. The van der Waals surface area contributed by atoms with Crippen LogP contribution < -0.4 is 0 Å². The minimum absolute atomic E-state index is 0.0114. The highest BCUT2D eigenvalue weighted by Gasteiger charge is 2.35. The predicted molar refractivity (Wildman–Crippen MR) is 210 cm³/mol. The van der Waals surface area contributed by atoms with Gasteiger partial charge in [-0.15, -0.1) is 0 Å². The highest BCUT2D eigenvalue weighted by Crippen LogP contribution is 2.28. The summed E-state index contributed by atoms with van der Waals surface area (Å²) in [7, 11) is 0. The number of ether oxygens (including phenoxy) is 10. The molecule has 0 heterocycles. The first-order valence-corrected chi connectivity index (χ1v) is 20.0. The molecule has 0 fully saturated rings. The van der Waals surface area contributed by atoms with Gasteiger partial charge in [-0.1, -0.05) is 0 Å². The zero-order valence-corrected chi connectivity index (χ0v) is 37.3. The van der Waals surface area contributed by atoms with Gasteiger partial charge in [0.25, 0.3) is 0 Å². The van der Waals surface area contributed by atoms with Crippen molar-refractivity contribution in [2.45, 2.75) is 188 Å². The summed E-state index contributed by atoms with van der Waals surface area (Å²) < 4.78 is 55.1. The molecule has 0 amide bonds. The Balaban J connectivity index is 6.71. The van der Waals surface area contributed by atoms with E-state index in [-0.39, 0.29) is 77.6 Å². The van der Waals surface area contributed by atoms with Gasteiger partial charge in [0.1, 0.15) is 48.8 Å². The minimum Gasteiger partial charge on any atom is -0.466 e. The zero-order valence-electron chi connectivity index (χ0n) is 37.3. The Morgan fingerprint density at radius 1 is 0.377 bits per heavy atom. The molecule has 0 aliphatic rings. The molecule has 0 aromatic carbocycles. The van der Waals surface area contributed by atoms with Crippen LogP contribution in [0.4, 0.5) is 0 Å². The summed E-state index contributed by atoms with van der Waals surface area (Å²) in [5, 5.41) is 9.25. The van der Waals surface area contributed by atoms with Crippen LogP contribution in [0, 0.1) is 0 Å². The molecule has 0 aliphatic carbocycles. The monoisotopic (exact) mass is 878 g/mol. The van der Waals surface area contributed by atoms with Gasteiger partial charge in [0, 0.05) is 120 Å². The van der Waals surface area contributed by atoms with Crippen molar-refractivity contribution in [2.75, 3.05) is 19.8 Å². The van der Waals surface area contributed by atoms with Crippen LogP contribution in [-0.2, 0) is 90.5 Å². The van der Waals surface area contributed by atoms with Gasteiger partial charge in [0.15, 0.2) is 0 Å². The highest BCUT2D eigenvalue weighted by molar-refractivity contribution is 5.69. The Morgan fingerprint density at radius 2 is 0.623 bits per heavy atom. The van der Waals surface area contributed by atoms with Crippen molar-refractivity contribution in [3.05, 3.63) is 0 Å². The van der Waals surface area contributed by atoms with E-state index in [9.17, 15) is 48.3 Å². The maximum atomic E-state index is 12.4. The molecule has 61 heavy (non-hydrogen) atoms. The van der Waals surface area contributed by atoms with E-state index in [4.69, 9.17) is 47.4 Å². The summed E-state index contributed by atoms with van der Waals surface area (Å²) in [6.45, 7) is 13.5. The van der Waals surface area contributed by atoms with Crippen LogP contribution in [-0.4, -0.2) is 133 Å². The Bertz CT molecular complexity index is 1440. The van der Waals surface area contributed by atoms with Gasteiger partial charge in [-0.25, -0.2) is 0 Å². The first kappa shape index (κ1) is 56.1. The second kappa shape index (κ2) is 29.4. The third-order valence-corrected chi connectivity index (χ3v) is 8.39. The number of rotatable bonds is 30. The van der Waals surface area contributed by atoms with Crippen molar-refractivity contribution in [3.63, 3.8) is 0 Å². The number of carbonyl (C=O) groups is 9. The lowest BCUT2D eigenvalue weighted by Crippen LogP contribution is -2.38. The van der Waals surface area contributed by atoms with Crippen molar-refractivity contribution in [3.8, 4) is 0 Å². The van der Waals surface area contributed by atoms with E-state index in [0.717, 1.165) is 34.6 Å². The van der Waals surface area contributed by atoms with Crippen LogP contribution in [0.3, 0.4) is 0 Å². The minimum atomic E-state index is -1.13. The molecule has 0 aromatic heterocycles. The molecular weight excluding hydrogens is 812 g/mol. The Labute approximate surface area is 357 Å². The van der Waals surface area contributed by atoms with Crippen LogP contribution in [0.25, 0.3) is 0 Å². The van der Waals surface area contributed by atoms with Crippen molar-refractivity contribution >= 4 is 53.7 Å². The van der Waals surface area contributed by atoms with Crippen LogP contribution in [0.5, 0.6) is 0 Å². The van der Waals surface area contributed by atoms with Crippen molar-refractivity contribution in [1.82, 2.24) is 0 Å². The van der Waals surface area contributed by atoms with E-state index in [1.807, 2.05) is 0 Å². The third-order valence-electron chi connectivity index (χ3n) is 8.39. The molecule has 0 rings (SSSR count). The number of aliphatic hydroxyl groups is 1. The Morgan fingerprint density at radius 3 is 0.885 bits per heavy atom. The van der Waals surface area contributed by atoms with Crippen molar-refractivity contribution in [1.29, 1.82) is 0 Å². The lowest BCUT2D eigenvalue weighted by molar-refractivity contribution is -0.162. The van der Waals surface area contributed by atoms with Gasteiger partial charge in [0.05, 0.1) is 25.4 Å². The molecular formula is C41H66O20. The molecule has 20 heteroatoms. The predicted octanol–water partition coefficient (Wildman–Crippen LogP) is 3.30. The second-order valence-electron chi connectivity index (χ2n) is 15.2. The van der Waals surface area contributed by atoms with Crippen LogP contribution in [0.2, 0.25) is 0 Å². The molecule has 0 saturated carbocycles. The van der Waals surface area contributed by atoms with Crippen molar-refractivity contribution < 1.29 is 95.6 Å².